The summed E-state index contributed by atoms with van der Waals surface area (Å²) in [5, 5.41) is 12.6. The summed E-state index contributed by atoms with van der Waals surface area (Å²) in [6.45, 7) is 1.00. The lowest BCUT2D eigenvalue weighted by Gasteiger charge is -2.48. The highest BCUT2D eigenvalue weighted by molar-refractivity contribution is 5.84. The van der Waals surface area contributed by atoms with Crippen LogP contribution in [-0.4, -0.2) is 33.2 Å². The minimum absolute atomic E-state index is 0.0896. The first kappa shape index (κ1) is 13.2. The smallest absolute Gasteiger partial charge is 0.0570 e. The third-order valence-electron chi connectivity index (χ3n) is 5.22. The maximum Gasteiger partial charge on any atom is 0.0570 e. The fraction of sp³-hybridized carbons (Fsp3) is 0.500. The summed E-state index contributed by atoms with van der Waals surface area (Å²) in [5.41, 5.74) is 1.39. The van der Waals surface area contributed by atoms with Crippen molar-refractivity contribution in [2.75, 3.05) is 0 Å². The van der Waals surface area contributed by atoms with E-state index in [9.17, 15) is 5.11 Å². The second-order valence-corrected chi connectivity index (χ2v) is 6.55. The number of hydrogen-bond acceptors (Lipinski definition) is 3. The molecule has 3 heteroatoms. The monoisotopic (exact) mass is 282 g/mol. The zero-order valence-electron chi connectivity index (χ0n) is 12.3. The number of benzene rings is 1. The Bertz CT molecular complexity index is 623. The van der Waals surface area contributed by atoms with E-state index in [1.54, 1.807) is 0 Å². The third-order valence-corrected chi connectivity index (χ3v) is 5.22. The molecule has 1 aromatic heterocycles. The van der Waals surface area contributed by atoms with Crippen LogP contribution in [0.1, 0.15) is 37.7 Å². The molecule has 2 fully saturated rings. The molecule has 0 amide bonds. The molecule has 2 aliphatic rings. The first-order chi connectivity index (χ1) is 10.3. The van der Waals surface area contributed by atoms with E-state index in [2.05, 4.69) is 34.1 Å². The highest BCUT2D eigenvalue weighted by Crippen LogP contribution is 2.35. The zero-order valence-corrected chi connectivity index (χ0v) is 12.3. The number of aromatic nitrogens is 1. The molecule has 2 bridgehead atoms. The van der Waals surface area contributed by atoms with E-state index in [0.717, 1.165) is 19.4 Å². The van der Waals surface area contributed by atoms with E-state index < -0.39 is 0 Å². The molecule has 2 aromatic rings. The highest BCUT2D eigenvalue weighted by Gasteiger charge is 2.37. The number of aliphatic hydroxyl groups excluding tert-OH is 1. The van der Waals surface area contributed by atoms with Crippen LogP contribution >= 0.6 is 0 Å². The molecule has 1 unspecified atom stereocenters. The SMILES string of the molecule is OC1C[C@H]2CCC[C@@H](C1)N2Cc1cccc2cnccc12. The van der Waals surface area contributed by atoms with Gasteiger partial charge in [0.2, 0.25) is 0 Å². The number of piperidine rings is 2. The summed E-state index contributed by atoms with van der Waals surface area (Å²) in [5.74, 6) is 0. The average Bonchev–Trinajstić information content (AvgIpc) is 2.48. The quantitative estimate of drug-likeness (QED) is 0.919. The number of aliphatic hydroxyl groups is 1. The molecule has 2 aliphatic heterocycles. The number of nitrogens with zero attached hydrogens (tertiary/aromatic N) is 2. The van der Waals surface area contributed by atoms with Crippen molar-refractivity contribution in [2.45, 2.75) is 56.8 Å². The van der Waals surface area contributed by atoms with Crippen molar-refractivity contribution in [3.05, 3.63) is 42.2 Å². The normalized spacial score (nSPS) is 29.7. The summed E-state index contributed by atoms with van der Waals surface area (Å²) in [4.78, 5) is 6.87. The van der Waals surface area contributed by atoms with Crippen molar-refractivity contribution in [2.24, 2.45) is 0 Å². The summed E-state index contributed by atoms with van der Waals surface area (Å²) in [6.07, 6.45) is 9.42. The van der Waals surface area contributed by atoms with Crippen LogP contribution < -0.4 is 0 Å². The summed E-state index contributed by atoms with van der Waals surface area (Å²) in [6, 6.07) is 9.75. The lowest BCUT2D eigenvalue weighted by atomic mass is 9.82. The van der Waals surface area contributed by atoms with Crippen LogP contribution in [0.3, 0.4) is 0 Å². The van der Waals surface area contributed by atoms with Crippen LogP contribution in [-0.2, 0) is 6.54 Å². The Morgan fingerprint density at radius 3 is 2.76 bits per heavy atom. The minimum Gasteiger partial charge on any atom is -0.393 e. The van der Waals surface area contributed by atoms with Crippen LogP contribution in [0.5, 0.6) is 0 Å². The first-order valence-electron chi connectivity index (χ1n) is 8.06. The summed E-state index contributed by atoms with van der Waals surface area (Å²) in [7, 11) is 0. The zero-order chi connectivity index (χ0) is 14.2. The van der Waals surface area contributed by atoms with E-state index in [1.807, 2.05) is 12.4 Å². The predicted octanol–water partition coefficient (Wildman–Crippen LogP) is 3.11. The van der Waals surface area contributed by atoms with Crippen molar-refractivity contribution in [1.82, 2.24) is 9.88 Å². The van der Waals surface area contributed by atoms with Gasteiger partial charge in [-0.15, -0.1) is 0 Å². The third kappa shape index (κ3) is 2.45. The Hall–Kier alpha value is -1.45. The van der Waals surface area contributed by atoms with Crippen molar-refractivity contribution in [1.29, 1.82) is 0 Å². The Morgan fingerprint density at radius 1 is 1.14 bits per heavy atom. The van der Waals surface area contributed by atoms with Crippen LogP contribution in [0.4, 0.5) is 0 Å². The van der Waals surface area contributed by atoms with E-state index in [4.69, 9.17) is 0 Å². The second-order valence-electron chi connectivity index (χ2n) is 6.55. The van der Waals surface area contributed by atoms with Crippen molar-refractivity contribution < 1.29 is 5.11 Å². The molecule has 0 aliphatic carbocycles. The second kappa shape index (κ2) is 5.39. The van der Waals surface area contributed by atoms with Gasteiger partial charge < -0.3 is 5.11 Å². The molecule has 4 rings (SSSR count). The number of hydrogen-bond donors (Lipinski definition) is 1. The molecule has 3 heterocycles. The van der Waals surface area contributed by atoms with E-state index in [-0.39, 0.29) is 6.10 Å². The van der Waals surface area contributed by atoms with Gasteiger partial charge in [-0.3, -0.25) is 9.88 Å². The van der Waals surface area contributed by atoms with Gasteiger partial charge in [0.1, 0.15) is 0 Å². The molecule has 21 heavy (non-hydrogen) atoms. The molecule has 0 spiro atoms. The first-order valence-corrected chi connectivity index (χ1v) is 8.06. The highest BCUT2D eigenvalue weighted by atomic mass is 16.3. The van der Waals surface area contributed by atoms with Gasteiger partial charge in [0.05, 0.1) is 6.10 Å². The van der Waals surface area contributed by atoms with E-state index >= 15 is 0 Å². The number of rotatable bonds is 2. The molecule has 0 radical (unpaired) electrons. The molecule has 3 nitrogen and oxygen atoms in total. The Kier molecular flexibility index (Phi) is 3.40. The van der Waals surface area contributed by atoms with Gasteiger partial charge in [0, 0.05) is 36.4 Å². The van der Waals surface area contributed by atoms with Gasteiger partial charge in [-0.25, -0.2) is 0 Å². The predicted molar refractivity (Wildman–Crippen MR) is 84.0 cm³/mol. The summed E-state index contributed by atoms with van der Waals surface area (Å²) < 4.78 is 0. The van der Waals surface area contributed by atoms with Gasteiger partial charge in [-0.1, -0.05) is 24.6 Å². The molecule has 3 atom stereocenters. The van der Waals surface area contributed by atoms with Crippen molar-refractivity contribution in [3.8, 4) is 0 Å². The Balaban J connectivity index is 1.65. The van der Waals surface area contributed by atoms with Crippen LogP contribution in [0, 0.1) is 0 Å². The van der Waals surface area contributed by atoms with Gasteiger partial charge in [-0.2, -0.15) is 0 Å². The molecule has 2 saturated heterocycles. The molecule has 110 valence electrons. The molecule has 1 N–H and O–H groups in total. The molecular weight excluding hydrogens is 260 g/mol. The van der Waals surface area contributed by atoms with Crippen LogP contribution in [0.2, 0.25) is 0 Å². The maximum absolute atomic E-state index is 10.0. The fourth-order valence-corrected chi connectivity index (χ4v) is 4.23. The van der Waals surface area contributed by atoms with Gasteiger partial charge in [0.25, 0.3) is 0 Å². The molecule has 1 aromatic carbocycles. The molecular formula is C18H22N2O. The standard InChI is InChI=1S/C18H22N2O/c21-17-9-15-5-2-6-16(10-17)20(15)12-14-4-1-3-13-11-19-8-7-18(13)14/h1,3-4,7-8,11,15-17,21H,2,5-6,9-10,12H2/t15-,16+,17?. The fourth-order valence-electron chi connectivity index (χ4n) is 4.23. The summed E-state index contributed by atoms with van der Waals surface area (Å²) >= 11 is 0. The van der Waals surface area contributed by atoms with Crippen LogP contribution in [0.25, 0.3) is 10.8 Å². The lowest BCUT2D eigenvalue weighted by Crippen LogP contribution is -2.52. The Labute approximate surface area is 125 Å². The van der Waals surface area contributed by atoms with Crippen molar-refractivity contribution in [3.63, 3.8) is 0 Å². The molecule has 0 saturated carbocycles. The lowest BCUT2D eigenvalue weighted by molar-refractivity contribution is -0.0310. The van der Waals surface area contributed by atoms with E-state index in [1.165, 1.54) is 35.6 Å². The van der Waals surface area contributed by atoms with Gasteiger partial charge >= 0.3 is 0 Å². The van der Waals surface area contributed by atoms with Crippen molar-refractivity contribution >= 4 is 10.8 Å². The number of pyridine rings is 1. The van der Waals surface area contributed by atoms with Gasteiger partial charge in [0.15, 0.2) is 0 Å². The maximum atomic E-state index is 10.0. The van der Waals surface area contributed by atoms with E-state index in [0.29, 0.717) is 12.1 Å². The number of fused-ring (bicyclic) bond motifs is 3. The van der Waals surface area contributed by atoms with Gasteiger partial charge in [-0.05, 0) is 42.7 Å². The minimum atomic E-state index is -0.0896. The topological polar surface area (TPSA) is 36.4 Å². The largest absolute Gasteiger partial charge is 0.393 e. The van der Waals surface area contributed by atoms with Crippen LogP contribution in [0.15, 0.2) is 36.7 Å². The average molecular weight is 282 g/mol. The Morgan fingerprint density at radius 2 is 1.95 bits per heavy atom.